The van der Waals surface area contributed by atoms with E-state index in [2.05, 4.69) is 70.0 Å². The summed E-state index contributed by atoms with van der Waals surface area (Å²) < 4.78 is 34.1. The Labute approximate surface area is 366 Å². The monoisotopic (exact) mass is 990 g/mol. The van der Waals surface area contributed by atoms with Gasteiger partial charge in [-0.2, -0.15) is 22.6 Å². The second-order valence-electron chi connectivity index (χ2n) is 14.5. The molecule has 0 radical (unpaired) electrons. The van der Waals surface area contributed by atoms with Crippen molar-refractivity contribution in [3.05, 3.63) is 89.8 Å². The molecule has 9 aromatic rings. The first kappa shape index (κ1) is 38.6. The maximum atomic E-state index is 14.1. The van der Waals surface area contributed by atoms with Crippen LogP contribution in [0.25, 0.3) is 55.3 Å². The van der Waals surface area contributed by atoms with Gasteiger partial charge in [0.15, 0.2) is 22.6 Å². The van der Waals surface area contributed by atoms with Crippen molar-refractivity contribution in [3.63, 3.8) is 0 Å². The maximum absolute atomic E-state index is 14.1. The molecule has 1 unspecified atom stereocenters. The quantitative estimate of drug-likeness (QED) is 0.0629. The number of ether oxygens (including phenoxy) is 1. The van der Waals surface area contributed by atoms with Crippen molar-refractivity contribution in [1.82, 2.24) is 42.8 Å². The first-order valence-electron chi connectivity index (χ1n) is 17.8. The zero-order valence-electron chi connectivity index (χ0n) is 31.1. The lowest BCUT2D eigenvalue weighted by Crippen LogP contribution is -2.39. The van der Waals surface area contributed by atoms with Gasteiger partial charge in [-0.05, 0) is 101 Å². The summed E-state index contributed by atoms with van der Waals surface area (Å²) in [5.41, 5.74) is 4.62. The van der Waals surface area contributed by atoms with E-state index in [1.807, 2.05) is 26.8 Å². The Bertz CT molecular complexity index is 3300. The number of anilines is 2. The van der Waals surface area contributed by atoms with Gasteiger partial charge in [-0.15, -0.1) is 0 Å². The van der Waals surface area contributed by atoms with Gasteiger partial charge in [0.05, 0.1) is 60.7 Å². The highest BCUT2D eigenvalue weighted by Crippen LogP contribution is 2.65. The molecule has 0 N–H and O–H groups in total. The summed E-state index contributed by atoms with van der Waals surface area (Å²) in [6.45, 7) is 7.72. The van der Waals surface area contributed by atoms with Gasteiger partial charge >= 0.3 is 5.97 Å². The number of rotatable bonds is 7. The number of quaternary nitrogens is 1. The zero-order chi connectivity index (χ0) is 41.8. The van der Waals surface area contributed by atoms with Crippen molar-refractivity contribution < 1.29 is 28.7 Å². The number of carbonyl (C=O) groups excluding carboxylic acids is 1. The number of halogens is 3. The summed E-state index contributed by atoms with van der Waals surface area (Å²) in [5.74, 6) is -0.686. The first-order chi connectivity index (χ1) is 28.8. The zero-order valence-corrected chi connectivity index (χ0v) is 36.7. The number of nitro benzene ring substituents is 1. The van der Waals surface area contributed by atoms with Crippen LogP contribution in [-0.4, -0.2) is 55.6 Å². The highest BCUT2D eigenvalue weighted by Gasteiger charge is 2.58. The molecule has 5 heterocycles. The lowest BCUT2D eigenvalue weighted by molar-refractivity contribution is -0.384. The predicted molar refractivity (Wildman–Crippen MR) is 230 cm³/mol. The summed E-state index contributed by atoms with van der Waals surface area (Å²) >= 11 is 17.0. The van der Waals surface area contributed by atoms with Crippen LogP contribution in [0.4, 0.5) is 34.1 Å². The molecule has 0 bridgehead atoms. The van der Waals surface area contributed by atoms with E-state index in [4.69, 9.17) is 30.5 Å². The van der Waals surface area contributed by atoms with Crippen LogP contribution in [0, 0.1) is 10.1 Å². The van der Waals surface area contributed by atoms with Crippen LogP contribution >= 0.6 is 66.9 Å². The summed E-state index contributed by atoms with van der Waals surface area (Å²) in [5, 5.41) is 31.0. The molecule has 0 fully saturated rings. The molecule has 4 aromatic heterocycles. The topological polar surface area (TPSA) is 211 Å². The van der Waals surface area contributed by atoms with Crippen LogP contribution in [0.1, 0.15) is 43.6 Å². The average Bonchev–Trinajstić information content (AvgIpc) is 4.06. The number of hydrogen-bond acceptors (Lipinski definition) is 18. The van der Waals surface area contributed by atoms with Crippen LogP contribution in [0.2, 0.25) is 5.02 Å². The van der Waals surface area contributed by atoms with Crippen LogP contribution in [0.3, 0.4) is 0 Å². The number of esters is 1. The van der Waals surface area contributed by atoms with Crippen molar-refractivity contribution in [1.29, 1.82) is 0 Å². The molecule has 23 heteroatoms. The molecule has 5 aromatic carbocycles. The van der Waals surface area contributed by atoms with Crippen molar-refractivity contribution in [2.45, 2.75) is 33.1 Å². The molecular weight excluding hydrogens is 970 g/mol. The molecule has 1 atom stereocenters. The SMILES string of the molecule is CCOC(=O)c1c(N2O[N+](c3cc(Br)c4nsnc4c3)(c3ccc4nonc4c3Cl)c3c(-c4cc5nonc5cc4[N+](=O)[O-])c(C(C)(C)C)cc(Br)c32)ccc2nsnc12. The number of aromatic nitrogens is 8. The number of fused-ring (bicyclic) bond motifs is 5. The van der Waals surface area contributed by atoms with E-state index < -0.39 is 21.0 Å². The van der Waals surface area contributed by atoms with Gasteiger partial charge in [0, 0.05) is 24.3 Å². The Morgan fingerprint density at radius 1 is 0.867 bits per heavy atom. The molecule has 0 aliphatic carbocycles. The van der Waals surface area contributed by atoms with Gasteiger partial charge in [0.2, 0.25) is 5.69 Å². The van der Waals surface area contributed by atoms with Crippen molar-refractivity contribution >= 4 is 151 Å². The number of carbonyl (C=O) groups is 1. The minimum Gasteiger partial charge on any atom is -0.462 e. The molecule has 1 aliphatic rings. The summed E-state index contributed by atoms with van der Waals surface area (Å²) in [6.07, 6.45) is 0. The number of nitro groups is 1. The Morgan fingerprint density at radius 2 is 1.57 bits per heavy atom. The number of benzene rings is 5. The van der Waals surface area contributed by atoms with Crippen LogP contribution in [-0.2, 0) is 15.1 Å². The third kappa shape index (κ3) is 5.65. The fraction of sp³-hybridized carbons (Fsp3) is 0.162. The first-order valence-corrected chi connectivity index (χ1v) is 21.2. The van der Waals surface area contributed by atoms with Crippen molar-refractivity contribution in [2.24, 2.45) is 0 Å². The fourth-order valence-corrected chi connectivity index (χ4v) is 10.1. The van der Waals surface area contributed by atoms with E-state index >= 15 is 0 Å². The minimum atomic E-state index is -0.747. The second-order valence-corrected chi connectivity index (χ2v) is 17.6. The van der Waals surface area contributed by atoms with E-state index in [1.165, 1.54) is 11.1 Å². The molecule has 0 saturated heterocycles. The van der Waals surface area contributed by atoms with E-state index in [1.54, 1.807) is 49.4 Å². The standard InChI is InChI=1S/C37H23Br2ClN11O7S2/c1-5-55-36(52)29-25(8-6-21-32(29)48-59-45-21)49-34-19(39)13-17(37(2,3)4)28(16-12-22-23(43-56-42-22)14-26(16)50(53)54)35(34)51(58-49,15-10-18(38)31-24(11-15)46-60-47-31)27-9-7-20-33(30(27)40)44-57-41-20/h6-14H,5H2,1-4H3/q+1. The van der Waals surface area contributed by atoms with Crippen LogP contribution in [0.15, 0.2) is 72.8 Å². The lowest BCUT2D eigenvalue weighted by Gasteiger charge is -2.32. The van der Waals surface area contributed by atoms with Crippen LogP contribution in [0.5, 0.6) is 0 Å². The Morgan fingerprint density at radius 3 is 2.32 bits per heavy atom. The smallest absolute Gasteiger partial charge is 0.342 e. The largest absolute Gasteiger partial charge is 0.462 e. The third-order valence-corrected chi connectivity index (χ3v) is 12.7. The van der Waals surface area contributed by atoms with Gasteiger partial charge < -0.3 is 4.74 Å². The van der Waals surface area contributed by atoms with Gasteiger partial charge in [-0.25, -0.2) is 14.1 Å². The molecule has 0 saturated carbocycles. The number of hydrogen-bond donors (Lipinski definition) is 0. The minimum absolute atomic E-state index is 0.0612. The molecule has 300 valence electrons. The fourth-order valence-electron chi connectivity index (χ4n) is 7.50. The lowest BCUT2D eigenvalue weighted by atomic mass is 9.79. The molecule has 60 heavy (non-hydrogen) atoms. The van der Waals surface area contributed by atoms with Crippen molar-refractivity contribution in [2.75, 3.05) is 11.7 Å². The van der Waals surface area contributed by atoms with Gasteiger partial charge in [0.25, 0.3) is 5.69 Å². The van der Waals surface area contributed by atoms with Gasteiger partial charge in [-0.3, -0.25) is 10.1 Å². The summed E-state index contributed by atoms with van der Waals surface area (Å²) in [6, 6.07) is 15.1. The maximum Gasteiger partial charge on any atom is 0.342 e. The predicted octanol–water partition coefficient (Wildman–Crippen LogP) is 11.0. The van der Waals surface area contributed by atoms with Crippen LogP contribution < -0.4 is 9.71 Å². The Kier molecular flexibility index (Phi) is 8.98. The number of nitrogens with zero attached hydrogens (tertiary/aromatic N) is 11. The van der Waals surface area contributed by atoms with Gasteiger partial charge in [-0.1, -0.05) is 42.0 Å². The molecule has 0 spiro atoms. The van der Waals surface area contributed by atoms with Gasteiger partial charge in [0.1, 0.15) is 49.2 Å². The highest BCUT2D eigenvalue weighted by molar-refractivity contribution is 9.11. The average molecular weight is 993 g/mol. The molecular formula is C37H23Br2ClN11O7S2+. The molecule has 18 nitrogen and oxygen atoms in total. The summed E-state index contributed by atoms with van der Waals surface area (Å²) in [4.78, 5) is 34.3. The molecule has 0 amide bonds. The third-order valence-electron chi connectivity index (χ3n) is 10.0. The Balaban J connectivity index is 1.46. The molecule has 1 aliphatic heterocycles. The Hall–Kier alpha value is -5.62. The highest BCUT2D eigenvalue weighted by atomic mass is 79.9. The normalized spacial score (nSPS) is 15.5. The molecule has 10 rings (SSSR count). The van der Waals surface area contributed by atoms with E-state index in [-0.39, 0.29) is 61.9 Å². The van der Waals surface area contributed by atoms with E-state index in [9.17, 15) is 14.9 Å². The van der Waals surface area contributed by atoms with Crippen molar-refractivity contribution in [3.8, 4) is 11.1 Å². The summed E-state index contributed by atoms with van der Waals surface area (Å²) in [7, 11) is 0. The van der Waals surface area contributed by atoms with E-state index in [0.29, 0.717) is 59.2 Å². The second kappa shape index (κ2) is 14.0. The van der Waals surface area contributed by atoms with E-state index in [0.717, 1.165) is 23.5 Å².